The molecule has 1 heterocycles. The van der Waals surface area contributed by atoms with Crippen molar-refractivity contribution < 1.29 is 9.90 Å². The molecule has 0 aromatic heterocycles. The Morgan fingerprint density at radius 3 is 3.12 bits per heavy atom. The summed E-state index contributed by atoms with van der Waals surface area (Å²) >= 11 is 5.13. The van der Waals surface area contributed by atoms with Crippen LogP contribution in [0.4, 0.5) is 0 Å². The van der Waals surface area contributed by atoms with Crippen LogP contribution in [0.1, 0.15) is 5.56 Å². The Balaban J connectivity index is 2.02. The molecule has 0 saturated carbocycles. The summed E-state index contributed by atoms with van der Waals surface area (Å²) in [7, 11) is 0. The quantitative estimate of drug-likeness (QED) is 0.931. The Kier molecular flexibility index (Phi) is 4.25. The molecule has 90 valence electrons. The van der Waals surface area contributed by atoms with E-state index in [0.717, 1.165) is 22.5 Å². The maximum absolute atomic E-state index is 10.6. The van der Waals surface area contributed by atoms with Gasteiger partial charge in [-0.05, 0) is 23.8 Å². The van der Waals surface area contributed by atoms with E-state index in [9.17, 15) is 4.79 Å². The molecule has 0 bridgehead atoms. The standard InChI is InChI=1S/C12H12BrNO2S/c13-10-3-1-2-9(4-10)5-11-6-14(8-17-11)7-12(15)16/h1-5H,6-8H2,(H,15,16). The molecule has 0 atom stereocenters. The van der Waals surface area contributed by atoms with Crippen molar-refractivity contribution in [2.45, 2.75) is 0 Å². The van der Waals surface area contributed by atoms with E-state index in [1.807, 2.05) is 29.2 Å². The first-order chi connectivity index (χ1) is 8.13. The number of nitrogens with zero attached hydrogens (tertiary/aromatic N) is 1. The molecule has 0 unspecified atom stereocenters. The van der Waals surface area contributed by atoms with Crippen molar-refractivity contribution >= 4 is 39.7 Å². The molecular weight excluding hydrogens is 302 g/mol. The largest absolute Gasteiger partial charge is 0.480 e. The van der Waals surface area contributed by atoms with Crippen molar-refractivity contribution in [2.75, 3.05) is 19.0 Å². The molecule has 0 amide bonds. The fourth-order valence-electron chi connectivity index (χ4n) is 1.65. The monoisotopic (exact) mass is 313 g/mol. The van der Waals surface area contributed by atoms with Crippen LogP contribution >= 0.6 is 27.7 Å². The van der Waals surface area contributed by atoms with Crippen molar-refractivity contribution in [2.24, 2.45) is 0 Å². The van der Waals surface area contributed by atoms with Crippen LogP contribution in [0, 0.1) is 0 Å². The van der Waals surface area contributed by atoms with Gasteiger partial charge in [-0.2, -0.15) is 0 Å². The Morgan fingerprint density at radius 2 is 2.41 bits per heavy atom. The van der Waals surface area contributed by atoms with E-state index in [1.165, 1.54) is 4.91 Å². The third-order valence-corrected chi connectivity index (χ3v) is 3.95. The van der Waals surface area contributed by atoms with E-state index < -0.39 is 5.97 Å². The van der Waals surface area contributed by atoms with Gasteiger partial charge in [-0.1, -0.05) is 28.1 Å². The van der Waals surface area contributed by atoms with Crippen LogP contribution in [0.15, 0.2) is 33.6 Å². The second-order valence-electron chi connectivity index (χ2n) is 3.82. The summed E-state index contributed by atoms with van der Waals surface area (Å²) in [5.74, 6) is -0.0131. The van der Waals surface area contributed by atoms with Crippen molar-refractivity contribution in [3.05, 3.63) is 39.2 Å². The van der Waals surface area contributed by atoms with E-state index in [0.29, 0.717) is 0 Å². The fourth-order valence-corrected chi connectivity index (χ4v) is 3.09. The van der Waals surface area contributed by atoms with Gasteiger partial charge in [-0.3, -0.25) is 9.69 Å². The average Bonchev–Trinajstić information content (AvgIpc) is 2.64. The van der Waals surface area contributed by atoms with Gasteiger partial charge >= 0.3 is 5.97 Å². The summed E-state index contributed by atoms with van der Waals surface area (Å²) in [6.07, 6.45) is 2.11. The van der Waals surface area contributed by atoms with Gasteiger partial charge in [0.2, 0.25) is 0 Å². The zero-order valence-electron chi connectivity index (χ0n) is 9.10. The molecule has 17 heavy (non-hydrogen) atoms. The molecule has 1 aliphatic heterocycles. The lowest BCUT2D eigenvalue weighted by Crippen LogP contribution is -2.26. The van der Waals surface area contributed by atoms with Gasteiger partial charge in [0, 0.05) is 21.8 Å². The number of carboxylic acids is 1. The number of carbonyl (C=O) groups is 1. The highest BCUT2D eigenvalue weighted by Gasteiger charge is 2.19. The molecule has 1 N–H and O–H groups in total. The number of benzene rings is 1. The number of hydrogen-bond donors (Lipinski definition) is 1. The Hall–Kier alpha value is -0.780. The van der Waals surface area contributed by atoms with Crippen molar-refractivity contribution in [3.8, 4) is 0 Å². The van der Waals surface area contributed by atoms with Gasteiger partial charge in [-0.25, -0.2) is 0 Å². The van der Waals surface area contributed by atoms with Crippen LogP contribution < -0.4 is 0 Å². The summed E-state index contributed by atoms with van der Waals surface area (Å²) in [6.45, 7) is 0.840. The number of carboxylic acid groups (broad SMARTS) is 1. The first kappa shape index (κ1) is 12.7. The zero-order chi connectivity index (χ0) is 12.3. The first-order valence-electron chi connectivity index (χ1n) is 5.16. The predicted octanol–water partition coefficient (Wildman–Crippen LogP) is 2.88. The van der Waals surface area contributed by atoms with Crippen molar-refractivity contribution in [3.63, 3.8) is 0 Å². The molecule has 3 nitrogen and oxygen atoms in total. The molecular formula is C12H12BrNO2S. The van der Waals surface area contributed by atoms with E-state index in [-0.39, 0.29) is 6.54 Å². The summed E-state index contributed by atoms with van der Waals surface area (Å²) < 4.78 is 1.05. The predicted molar refractivity (Wildman–Crippen MR) is 73.8 cm³/mol. The highest BCUT2D eigenvalue weighted by Crippen LogP contribution is 2.28. The minimum absolute atomic E-state index is 0.114. The first-order valence-corrected chi connectivity index (χ1v) is 6.94. The van der Waals surface area contributed by atoms with Gasteiger partial charge in [0.25, 0.3) is 0 Å². The normalized spacial score (nSPS) is 18.8. The second kappa shape index (κ2) is 5.71. The van der Waals surface area contributed by atoms with Crippen LogP contribution in [0.3, 0.4) is 0 Å². The van der Waals surface area contributed by atoms with E-state index in [2.05, 4.69) is 22.0 Å². The van der Waals surface area contributed by atoms with Crippen LogP contribution in [0.25, 0.3) is 6.08 Å². The van der Waals surface area contributed by atoms with E-state index in [4.69, 9.17) is 5.11 Å². The molecule has 1 aliphatic rings. The fraction of sp³-hybridized carbons (Fsp3) is 0.250. The molecule has 0 aliphatic carbocycles. The number of thioether (sulfide) groups is 1. The lowest BCUT2D eigenvalue weighted by Gasteiger charge is -2.08. The second-order valence-corrected chi connectivity index (χ2v) is 5.81. The number of halogens is 1. The zero-order valence-corrected chi connectivity index (χ0v) is 11.5. The minimum Gasteiger partial charge on any atom is -0.480 e. The highest BCUT2D eigenvalue weighted by molar-refractivity contribution is 9.10. The molecule has 0 spiro atoms. The Labute approximate surface area is 113 Å². The van der Waals surface area contributed by atoms with Gasteiger partial charge in [0.15, 0.2) is 0 Å². The number of rotatable bonds is 3. The van der Waals surface area contributed by atoms with E-state index in [1.54, 1.807) is 11.8 Å². The molecule has 5 heteroatoms. The van der Waals surface area contributed by atoms with Crippen molar-refractivity contribution in [1.29, 1.82) is 0 Å². The van der Waals surface area contributed by atoms with E-state index >= 15 is 0 Å². The molecule has 1 aromatic carbocycles. The van der Waals surface area contributed by atoms with Crippen molar-refractivity contribution in [1.82, 2.24) is 4.90 Å². The third-order valence-electron chi connectivity index (χ3n) is 2.35. The molecule has 1 fully saturated rings. The number of aliphatic carboxylic acids is 1. The average molecular weight is 314 g/mol. The third kappa shape index (κ3) is 3.87. The molecule has 1 saturated heterocycles. The van der Waals surface area contributed by atoms with Crippen LogP contribution in [0.5, 0.6) is 0 Å². The molecule has 2 rings (SSSR count). The van der Waals surface area contributed by atoms with Gasteiger partial charge in [-0.15, -0.1) is 11.8 Å². The molecule has 0 radical (unpaired) electrons. The maximum Gasteiger partial charge on any atom is 0.317 e. The van der Waals surface area contributed by atoms with Gasteiger partial charge in [0.05, 0.1) is 6.54 Å². The lowest BCUT2D eigenvalue weighted by molar-refractivity contribution is -0.137. The Morgan fingerprint density at radius 1 is 1.59 bits per heavy atom. The summed E-state index contributed by atoms with van der Waals surface area (Å²) in [6, 6.07) is 8.07. The van der Waals surface area contributed by atoms with Crippen LogP contribution in [-0.4, -0.2) is 34.9 Å². The summed E-state index contributed by atoms with van der Waals surface area (Å²) in [4.78, 5) is 13.7. The maximum atomic E-state index is 10.6. The topological polar surface area (TPSA) is 40.5 Å². The van der Waals surface area contributed by atoms with Gasteiger partial charge in [0.1, 0.15) is 0 Å². The van der Waals surface area contributed by atoms with Gasteiger partial charge < -0.3 is 5.11 Å². The van der Waals surface area contributed by atoms with Crippen LogP contribution in [0.2, 0.25) is 0 Å². The SMILES string of the molecule is O=C(O)CN1CSC(=Cc2cccc(Br)c2)C1. The highest BCUT2D eigenvalue weighted by atomic mass is 79.9. The number of hydrogen-bond acceptors (Lipinski definition) is 3. The lowest BCUT2D eigenvalue weighted by atomic mass is 10.2. The minimum atomic E-state index is -0.769. The smallest absolute Gasteiger partial charge is 0.317 e. The Bertz CT molecular complexity index is 462. The molecule has 1 aromatic rings. The van der Waals surface area contributed by atoms with Crippen LogP contribution in [-0.2, 0) is 4.79 Å². The summed E-state index contributed by atoms with van der Waals surface area (Å²) in [5.41, 5.74) is 1.14. The summed E-state index contributed by atoms with van der Waals surface area (Å²) in [5, 5.41) is 8.71.